The van der Waals surface area contributed by atoms with Crippen LogP contribution in [-0.4, -0.2) is 49.6 Å². The summed E-state index contributed by atoms with van der Waals surface area (Å²) < 4.78 is 34.7. The molecule has 2 aliphatic rings. The second-order valence-corrected chi connectivity index (χ2v) is 10.1. The Morgan fingerprint density at radius 1 is 1.11 bits per heavy atom. The molecule has 36 heavy (non-hydrogen) atoms. The zero-order valence-electron chi connectivity index (χ0n) is 19.5. The van der Waals surface area contributed by atoms with Gasteiger partial charge in [0.2, 0.25) is 0 Å². The summed E-state index contributed by atoms with van der Waals surface area (Å²) in [5, 5.41) is 13.8. The molecule has 8 nitrogen and oxygen atoms in total. The molecule has 5 rings (SSSR count). The van der Waals surface area contributed by atoms with Crippen molar-refractivity contribution < 1.29 is 23.1 Å². The summed E-state index contributed by atoms with van der Waals surface area (Å²) >= 11 is 1.58. The van der Waals surface area contributed by atoms with Crippen LogP contribution in [0.2, 0.25) is 0 Å². The summed E-state index contributed by atoms with van der Waals surface area (Å²) in [6, 6.07) is 12.5. The summed E-state index contributed by atoms with van der Waals surface area (Å²) in [4.78, 5) is 37.7. The Morgan fingerprint density at radius 2 is 1.83 bits per heavy atom. The van der Waals surface area contributed by atoms with Gasteiger partial charge in [-0.3, -0.25) is 19.1 Å². The number of halogens is 3. The Morgan fingerprint density at radius 3 is 2.47 bits per heavy atom. The second-order valence-electron chi connectivity index (χ2n) is 9.11. The Balaban J connectivity index is 0.000000384. The maximum atomic E-state index is 12.7. The number of benzene rings is 1. The van der Waals surface area contributed by atoms with Crippen molar-refractivity contribution in [2.75, 3.05) is 13.1 Å². The zero-order chi connectivity index (χ0) is 26.1. The molecule has 0 radical (unpaired) electrons. The van der Waals surface area contributed by atoms with Gasteiger partial charge < -0.3 is 5.11 Å². The number of aliphatic carboxylic acids is 1. The van der Waals surface area contributed by atoms with Crippen molar-refractivity contribution in [3.8, 4) is 0 Å². The molecule has 0 bridgehead atoms. The summed E-state index contributed by atoms with van der Waals surface area (Å²) in [5.41, 5.74) is 1.50. The Bertz CT molecular complexity index is 1370. The van der Waals surface area contributed by atoms with Gasteiger partial charge in [0.25, 0.3) is 0 Å². The Labute approximate surface area is 208 Å². The Kier molecular flexibility index (Phi) is 7.19. The lowest BCUT2D eigenvalue weighted by Crippen LogP contribution is -2.45. The van der Waals surface area contributed by atoms with Crippen molar-refractivity contribution in [1.29, 1.82) is 0 Å². The van der Waals surface area contributed by atoms with E-state index < -0.39 is 23.3 Å². The molecule has 2 aliphatic heterocycles. The van der Waals surface area contributed by atoms with Crippen molar-refractivity contribution in [3.63, 3.8) is 0 Å². The SMILES string of the molecule is Cc1cccc(CN2CCC3(CCn4c3nn(Cc3cccs3)c(=O)c4=O)C2)c1.O=C(O)C(F)(F)F. The molecule has 2 aromatic heterocycles. The first-order valence-corrected chi connectivity index (χ1v) is 12.2. The number of likely N-dealkylation sites (tertiary alicyclic amines) is 1. The quantitative estimate of drug-likeness (QED) is 0.530. The van der Waals surface area contributed by atoms with Gasteiger partial charge >= 0.3 is 23.3 Å². The molecule has 0 aliphatic carbocycles. The number of alkyl halides is 3. The largest absolute Gasteiger partial charge is 0.490 e. The van der Waals surface area contributed by atoms with Crippen LogP contribution in [0.1, 0.15) is 34.7 Å². The maximum Gasteiger partial charge on any atom is 0.490 e. The predicted molar refractivity (Wildman–Crippen MR) is 127 cm³/mol. The van der Waals surface area contributed by atoms with Crippen LogP contribution >= 0.6 is 11.3 Å². The highest BCUT2D eigenvalue weighted by Crippen LogP contribution is 2.40. The smallest absolute Gasteiger partial charge is 0.475 e. The van der Waals surface area contributed by atoms with Crippen molar-refractivity contribution in [3.05, 3.63) is 84.3 Å². The molecule has 1 N–H and O–H groups in total. The van der Waals surface area contributed by atoms with Gasteiger partial charge in [0, 0.05) is 29.9 Å². The lowest BCUT2D eigenvalue weighted by atomic mass is 9.85. The number of hydrogen-bond donors (Lipinski definition) is 1. The molecule has 0 saturated carbocycles. The number of carboxylic acids is 1. The molecule has 1 saturated heterocycles. The molecular formula is C24H25F3N4O4S. The molecule has 1 atom stereocenters. The number of aromatic nitrogens is 3. The molecule has 1 unspecified atom stereocenters. The zero-order valence-corrected chi connectivity index (χ0v) is 20.3. The molecule has 3 aromatic rings. The highest BCUT2D eigenvalue weighted by molar-refractivity contribution is 7.09. The fraction of sp³-hybridized carbons (Fsp3) is 0.417. The lowest BCUT2D eigenvalue weighted by molar-refractivity contribution is -0.192. The average Bonchev–Trinajstić information content (AvgIpc) is 3.54. The minimum Gasteiger partial charge on any atom is -0.475 e. The van der Waals surface area contributed by atoms with E-state index in [9.17, 15) is 22.8 Å². The topological polar surface area (TPSA) is 97.4 Å². The van der Waals surface area contributed by atoms with E-state index >= 15 is 0 Å². The summed E-state index contributed by atoms with van der Waals surface area (Å²) in [7, 11) is 0. The first-order chi connectivity index (χ1) is 17.0. The number of thiophene rings is 1. The predicted octanol–water partition coefficient (Wildman–Crippen LogP) is 3.00. The first-order valence-electron chi connectivity index (χ1n) is 11.3. The van der Waals surface area contributed by atoms with Crippen LogP contribution in [-0.2, 0) is 29.8 Å². The van der Waals surface area contributed by atoms with Gasteiger partial charge in [0.1, 0.15) is 5.82 Å². The molecule has 1 spiro atoms. The number of rotatable bonds is 4. The number of carbonyl (C=O) groups is 1. The highest BCUT2D eigenvalue weighted by atomic mass is 32.1. The third-order valence-electron chi connectivity index (χ3n) is 6.47. The number of aryl methyl sites for hydroxylation is 1. The van der Waals surface area contributed by atoms with Crippen LogP contribution in [0.4, 0.5) is 13.2 Å². The van der Waals surface area contributed by atoms with E-state index in [1.165, 1.54) is 15.8 Å². The van der Waals surface area contributed by atoms with E-state index in [4.69, 9.17) is 15.0 Å². The first kappa shape index (κ1) is 25.8. The standard InChI is InChI=1S/C22H24N4O2S.C2HF3O2/c1-16-4-2-5-17(12-16)13-24-9-7-22(15-24)8-10-25-19(27)20(28)26(23-21(22)25)14-18-6-3-11-29-18;3-2(4,5)1(6)7/h2-6,11-12H,7-10,13-15H2,1H3;(H,6,7). The molecule has 12 heteroatoms. The van der Waals surface area contributed by atoms with Gasteiger partial charge in [0.05, 0.1) is 6.54 Å². The van der Waals surface area contributed by atoms with E-state index in [-0.39, 0.29) is 5.41 Å². The van der Waals surface area contributed by atoms with Crippen molar-refractivity contribution in [2.45, 2.75) is 51.0 Å². The fourth-order valence-corrected chi connectivity index (χ4v) is 5.46. The van der Waals surface area contributed by atoms with Crippen LogP contribution in [0, 0.1) is 6.92 Å². The van der Waals surface area contributed by atoms with Gasteiger partial charge in [-0.25, -0.2) is 9.48 Å². The van der Waals surface area contributed by atoms with Gasteiger partial charge in [0.15, 0.2) is 0 Å². The fourth-order valence-electron chi connectivity index (χ4n) is 4.78. The molecule has 1 aromatic carbocycles. The van der Waals surface area contributed by atoms with E-state index in [2.05, 4.69) is 36.1 Å². The van der Waals surface area contributed by atoms with E-state index in [0.717, 1.165) is 43.2 Å². The normalized spacial score (nSPS) is 19.2. The van der Waals surface area contributed by atoms with Crippen LogP contribution < -0.4 is 11.1 Å². The summed E-state index contributed by atoms with van der Waals surface area (Å²) in [6.45, 7) is 5.84. The second kappa shape index (κ2) is 10.0. The van der Waals surface area contributed by atoms with Crippen molar-refractivity contribution in [1.82, 2.24) is 19.2 Å². The van der Waals surface area contributed by atoms with E-state index in [1.807, 2.05) is 17.5 Å². The number of nitrogens with zero attached hydrogens (tertiary/aromatic N) is 4. The van der Waals surface area contributed by atoms with Crippen molar-refractivity contribution >= 4 is 17.3 Å². The van der Waals surface area contributed by atoms with Crippen LogP contribution in [0.25, 0.3) is 0 Å². The van der Waals surface area contributed by atoms with Gasteiger partial charge in [-0.1, -0.05) is 35.9 Å². The monoisotopic (exact) mass is 522 g/mol. The highest BCUT2D eigenvalue weighted by Gasteiger charge is 2.47. The summed E-state index contributed by atoms with van der Waals surface area (Å²) in [5.74, 6) is -1.96. The Hall–Kier alpha value is -3.25. The number of fused-ring (bicyclic) bond motifs is 2. The van der Waals surface area contributed by atoms with Crippen molar-refractivity contribution in [2.24, 2.45) is 0 Å². The summed E-state index contributed by atoms with van der Waals surface area (Å²) in [6.07, 6.45) is -3.23. The van der Waals surface area contributed by atoms with E-state index in [0.29, 0.717) is 13.1 Å². The maximum absolute atomic E-state index is 12.7. The van der Waals surface area contributed by atoms with Crippen LogP contribution in [0.15, 0.2) is 51.4 Å². The van der Waals surface area contributed by atoms with Gasteiger partial charge in [-0.2, -0.15) is 18.3 Å². The molecule has 192 valence electrons. The van der Waals surface area contributed by atoms with Gasteiger partial charge in [-0.05, 0) is 43.3 Å². The third kappa shape index (κ3) is 5.44. The van der Waals surface area contributed by atoms with Crippen LogP contribution in [0.3, 0.4) is 0 Å². The van der Waals surface area contributed by atoms with Gasteiger partial charge in [-0.15, -0.1) is 11.3 Å². The molecule has 0 amide bonds. The molecule has 4 heterocycles. The van der Waals surface area contributed by atoms with E-state index in [1.54, 1.807) is 15.9 Å². The molecular weight excluding hydrogens is 497 g/mol. The lowest BCUT2D eigenvalue weighted by Gasteiger charge is -2.24. The minimum atomic E-state index is -5.08. The third-order valence-corrected chi connectivity index (χ3v) is 7.33. The average molecular weight is 523 g/mol. The molecule has 1 fully saturated rings. The number of carboxylic acid groups (broad SMARTS) is 1. The minimum absolute atomic E-state index is 0.131. The number of hydrogen-bond acceptors (Lipinski definition) is 6. The van der Waals surface area contributed by atoms with Crippen LogP contribution in [0.5, 0.6) is 0 Å².